The van der Waals surface area contributed by atoms with Gasteiger partial charge in [-0.1, -0.05) is 26.0 Å². The summed E-state index contributed by atoms with van der Waals surface area (Å²) in [6.07, 6.45) is 1.47. The average molecular weight is 419 g/mol. The van der Waals surface area contributed by atoms with E-state index in [0.29, 0.717) is 12.0 Å². The van der Waals surface area contributed by atoms with Crippen LogP contribution in [0.15, 0.2) is 41.3 Å². The Kier molecular flexibility index (Phi) is 7.53. The van der Waals surface area contributed by atoms with Gasteiger partial charge >= 0.3 is 5.97 Å². The maximum atomic E-state index is 12.6. The van der Waals surface area contributed by atoms with Crippen molar-refractivity contribution in [3.05, 3.63) is 58.7 Å². The molecule has 0 aromatic heterocycles. The van der Waals surface area contributed by atoms with Gasteiger partial charge in [0.2, 0.25) is 15.8 Å². The van der Waals surface area contributed by atoms with Crippen LogP contribution >= 0.6 is 0 Å². The zero-order valence-electron chi connectivity index (χ0n) is 16.9. The van der Waals surface area contributed by atoms with Crippen LogP contribution in [-0.4, -0.2) is 40.9 Å². The van der Waals surface area contributed by atoms with Crippen molar-refractivity contribution >= 4 is 21.8 Å². The van der Waals surface area contributed by atoms with Crippen molar-refractivity contribution in [3.8, 4) is 5.75 Å². The normalized spacial score (nSPS) is 11.2. The van der Waals surface area contributed by atoms with E-state index in [1.54, 1.807) is 0 Å². The van der Waals surface area contributed by atoms with Crippen LogP contribution in [0.4, 0.5) is 0 Å². The van der Waals surface area contributed by atoms with Crippen molar-refractivity contribution in [1.82, 2.24) is 4.72 Å². The third kappa shape index (κ3) is 5.21. The highest BCUT2D eigenvalue weighted by Crippen LogP contribution is 2.25. The van der Waals surface area contributed by atoms with E-state index in [1.165, 1.54) is 26.3 Å². The molecule has 0 bridgehead atoms. The lowest BCUT2D eigenvalue weighted by atomic mass is 9.98. The van der Waals surface area contributed by atoms with Gasteiger partial charge in [-0.15, -0.1) is 0 Å². The molecule has 2 rings (SSSR count). The number of sulfonamides is 1. The summed E-state index contributed by atoms with van der Waals surface area (Å²) in [5.74, 6) is -1.00. The second kappa shape index (κ2) is 9.67. The summed E-state index contributed by atoms with van der Waals surface area (Å²) in [6.45, 7) is 3.51. The van der Waals surface area contributed by atoms with Gasteiger partial charge in [-0.05, 0) is 55.3 Å². The number of hydrogen-bond donors (Lipinski definition) is 1. The molecule has 0 radical (unpaired) electrons. The van der Waals surface area contributed by atoms with Crippen LogP contribution in [0, 0.1) is 0 Å². The minimum absolute atomic E-state index is 0.00505. The summed E-state index contributed by atoms with van der Waals surface area (Å²) in [5, 5.41) is 0. The number of rotatable bonds is 9. The number of nitrogens with one attached hydrogen (secondary N) is 1. The monoisotopic (exact) mass is 419 g/mol. The highest BCUT2D eigenvalue weighted by atomic mass is 32.2. The maximum absolute atomic E-state index is 12.6. The van der Waals surface area contributed by atoms with Crippen LogP contribution in [0.3, 0.4) is 0 Å². The second-order valence-electron chi connectivity index (χ2n) is 6.27. The molecule has 0 amide bonds. The Morgan fingerprint density at radius 3 is 2.34 bits per heavy atom. The summed E-state index contributed by atoms with van der Waals surface area (Å²) < 4.78 is 36.7. The summed E-state index contributed by atoms with van der Waals surface area (Å²) in [6, 6.07) is 9.61. The van der Waals surface area contributed by atoms with Gasteiger partial charge in [-0.3, -0.25) is 4.79 Å². The fourth-order valence-electron chi connectivity index (χ4n) is 2.83. The lowest BCUT2D eigenvalue weighted by Crippen LogP contribution is -2.20. The van der Waals surface area contributed by atoms with Crippen LogP contribution in [0.2, 0.25) is 0 Å². The Labute approximate surface area is 171 Å². The third-order valence-electron chi connectivity index (χ3n) is 4.56. The lowest BCUT2D eigenvalue weighted by molar-refractivity contribution is 0.0474. The smallest absolute Gasteiger partial charge is 0.338 e. The summed E-state index contributed by atoms with van der Waals surface area (Å²) in [7, 11) is -1.25. The van der Waals surface area contributed by atoms with E-state index in [-0.39, 0.29) is 22.0 Å². The van der Waals surface area contributed by atoms with Gasteiger partial charge in [0, 0.05) is 5.56 Å². The first-order chi connectivity index (χ1) is 13.8. The Morgan fingerprint density at radius 1 is 1.03 bits per heavy atom. The van der Waals surface area contributed by atoms with Crippen LogP contribution in [-0.2, 0) is 27.6 Å². The number of esters is 1. The molecule has 0 unspecified atom stereocenters. The Morgan fingerprint density at radius 2 is 1.76 bits per heavy atom. The zero-order valence-corrected chi connectivity index (χ0v) is 17.8. The number of ether oxygens (including phenoxy) is 2. The zero-order chi connectivity index (χ0) is 21.6. The lowest BCUT2D eigenvalue weighted by Gasteiger charge is -2.12. The molecule has 2 aromatic rings. The van der Waals surface area contributed by atoms with E-state index in [2.05, 4.69) is 4.72 Å². The van der Waals surface area contributed by atoms with Crippen LogP contribution < -0.4 is 9.46 Å². The maximum Gasteiger partial charge on any atom is 0.338 e. The average Bonchev–Trinajstić information content (AvgIpc) is 2.76. The van der Waals surface area contributed by atoms with Crippen molar-refractivity contribution in [2.45, 2.75) is 31.6 Å². The molecule has 0 aliphatic rings. The van der Waals surface area contributed by atoms with Gasteiger partial charge in [0.05, 0.1) is 12.7 Å². The molecule has 7 nitrogen and oxygen atoms in total. The van der Waals surface area contributed by atoms with Crippen molar-refractivity contribution in [3.63, 3.8) is 0 Å². The first-order valence-electron chi connectivity index (χ1n) is 9.21. The standard InChI is InChI=1S/C21H25NO6S/c1-5-14-7-8-15(6-2)17(11-14)18(23)13-28-21(24)16-9-10-19(27-4)20(12-16)29(25,26)22-3/h7-12,22H,5-6,13H2,1-4H3. The number of Topliss-reactive ketones (excluding diaryl/α,β-unsaturated/α-hetero) is 1. The van der Waals surface area contributed by atoms with Gasteiger partial charge in [-0.25, -0.2) is 17.9 Å². The number of ketones is 1. The predicted octanol–water partition coefficient (Wildman–Crippen LogP) is 2.77. The molecule has 0 spiro atoms. The van der Waals surface area contributed by atoms with Gasteiger partial charge < -0.3 is 9.47 Å². The van der Waals surface area contributed by atoms with Crippen LogP contribution in [0.5, 0.6) is 5.75 Å². The molecule has 0 aliphatic heterocycles. The quantitative estimate of drug-likeness (QED) is 0.496. The number of carbonyl (C=O) groups excluding carboxylic acids is 2. The minimum Gasteiger partial charge on any atom is -0.495 e. The van der Waals surface area contributed by atoms with E-state index >= 15 is 0 Å². The Balaban J connectivity index is 2.22. The molecule has 0 aliphatic carbocycles. The third-order valence-corrected chi connectivity index (χ3v) is 5.99. The topological polar surface area (TPSA) is 98.8 Å². The number of benzene rings is 2. The predicted molar refractivity (Wildman–Crippen MR) is 109 cm³/mol. The molecular formula is C21H25NO6S. The highest BCUT2D eigenvalue weighted by molar-refractivity contribution is 7.89. The van der Waals surface area contributed by atoms with E-state index in [4.69, 9.17) is 9.47 Å². The molecule has 29 heavy (non-hydrogen) atoms. The van der Waals surface area contributed by atoms with Crippen molar-refractivity contribution in [1.29, 1.82) is 0 Å². The van der Waals surface area contributed by atoms with Crippen LogP contribution in [0.1, 0.15) is 45.7 Å². The van der Waals surface area contributed by atoms with E-state index in [0.717, 1.165) is 23.6 Å². The Bertz CT molecular complexity index is 1010. The first-order valence-corrected chi connectivity index (χ1v) is 10.7. The molecule has 8 heteroatoms. The number of carbonyl (C=O) groups is 2. The number of hydrogen-bond acceptors (Lipinski definition) is 6. The van der Waals surface area contributed by atoms with Crippen molar-refractivity contribution in [2.75, 3.05) is 20.8 Å². The SMILES string of the molecule is CCc1ccc(CC)c(C(=O)COC(=O)c2ccc(OC)c(S(=O)(=O)NC)c2)c1. The van der Waals surface area contributed by atoms with E-state index in [9.17, 15) is 18.0 Å². The second-order valence-corrected chi connectivity index (χ2v) is 8.13. The Hall–Kier alpha value is -2.71. The van der Waals surface area contributed by atoms with Crippen molar-refractivity contribution in [2.24, 2.45) is 0 Å². The molecule has 156 valence electrons. The summed E-state index contributed by atoms with van der Waals surface area (Å²) >= 11 is 0. The molecule has 0 heterocycles. The van der Waals surface area contributed by atoms with Gasteiger partial charge in [0.15, 0.2) is 6.61 Å². The fraction of sp³-hybridized carbons (Fsp3) is 0.333. The molecule has 1 N–H and O–H groups in total. The summed E-state index contributed by atoms with van der Waals surface area (Å²) in [5.41, 5.74) is 2.45. The minimum atomic E-state index is -3.84. The molecular weight excluding hydrogens is 394 g/mol. The number of aryl methyl sites for hydroxylation is 2. The van der Waals surface area contributed by atoms with Gasteiger partial charge in [0.25, 0.3) is 0 Å². The number of methoxy groups -OCH3 is 1. The molecule has 0 atom stereocenters. The van der Waals surface area contributed by atoms with E-state index < -0.39 is 22.6 Å². The summed E-state index contributed by atoms with van der Waals surface area (Å²) in [4.78, 5) is 24.8. The molecule has 0 fully saturated rings. The molecule has 0 saturated heterocycles. The molecule has 2 aromatic carbocycles. The van der Waals surface area contributed by atoms with E-state index in [1.807, 2.05) is 32.0 Å². The largest absolute Gasteiger partial charge is 0.495 e. The first kappa shape index (κ1) is 22.6. The fourth-order valence-corrected chi connectivity index (χ4v) is 3.75. The van der Waals surface area contributed by atoms with Gasteiger partial charge in [0.1, 0.15) is 10.6 Å². The molecule has 0 saturated carbocycles. The van der Waals surface area contributed by atoms with Crippen molar-refractivity contribution < 1.29 is 27.5 Å². The van der Waals surface area contributed by atoms with Gasteiger partial charge in [-0.2, -0.15) is 0 Å². The highest BCUT2D eigenvalue weighted by Gasteiger charge is 2.21. The van der Waals surface area contributed by atoms with Crippen LogP contribution in [0.25, 0.3) is 0 Å².